The van der Waals surface area contributed by atoms with Crippen LogP contribution in [0.3, 0.4) is 0 Å². The number of nitrogens with zero attached hydrogens (tertiary/aromatic N) is 2. The molecule has 2 rings (SSSR count). The molecule has 0 amide bonds. The predicted molar refractivity (Wildman–Crippen MR) is 73.2 cm³/mol. The van der Waals surface area contributed by atoms with Crippen LogP contribution in [-0.4, -0.2) is 21.4 Å². The second-order valence-corrected chi connectivity index (χ2v) is 4.99. The zero-order chi connectivity index (χ0) is 13.7. The first-order chi connectivity index (χ1) is 9.17. The molecule has 4 nitrogen and oxygen atoms in total. The van der Waals surface area contributed by atoms with Crippen LogP contribution in [0.25, 0.3) is 0 Å². The van der Waals surface area contributed by atoms with Gasteiger partial charge >= 0.3 is 0 Å². The minimum absolute atomic E-state index is 0.413. The fraction of sp³-hybridized carbons (Fsp3) is 0.429. The van der Waals surface area contributed by atoms with Crippen molar-refractivity contribution < 1.29 is 9.63 Å². The zero-order valence-corrected chi connectivity index (χ0v) is 11.6. The summed E-state index contributed by atoms with van der Waals surface area (Å²) in [6.45, 7) is 2.03. The molecule has 0 radical (unpaired) electrons. The molecule has 2 aromatic rings. The van der Waals surface area contributed by atoms with Crippen molar-refractivity contribution in [1.82, 2.24) is 10.1 Å². The van der Waals surface area contributed by atoms with Crippen LogP contribution in [0.5, 0.6) is 0 Å². The molecule has 0 saturated carbocycles. The minimum atomic E-state index is -0.413. The molecule has 0 spiro atoms. The lowest BCUT2D eigenvalue weighted by Crippen LogP contribution is -2.09. The molecule has 1 atom stereocenters. The van der Waals surface area contributed by atoms with Gasteiger partial charge in [0.15, 0.2) is 5.82 Å². The minimum Gasteiger partial charge on any atom is -0.393 e. The highest BCUT2D eigenvalue weighted by molar-refractivity contribution is 6.30. The summed E-state index contributed by atoms with van der Waals surface area (Å²) in [6.07, 6.45) is 2.26. The van der Waals surface area contributed by atoms with E-state index >= 15 is 0 Å². The largest absolute Gasteiger partial charge is 0.393 e. The number of hydrogen-bond donors (Lipinski definition) is 1. The molecule has 1 aromatic carbocycles. The normalized spacial score (nSPS) is 12.6. The van der Waals surface area contributed by atoms with Gasteiger partial charge in [-0.25, -0.2) is 0 Å². The van der Waals surface area contributed by atoms with Crippen molar-refractivity contribution in [3.63, 3.8) is 0 Å². The summed E-state index contributed by atoms with van der Waals surface area (Å²) in [5.41, 5.74) is 1.04. The van der Waals surface area contributed by atoms with E-state index in [0.717, 1.165) is 18.4 Å². The summed E-state index contributed by atoms with van der Waals surface area (Å²) in [4.78, 5) is 4.28. The molecule has 1 heterocycles. The third-order valence-electron chi connectivity index (χ3n) is 2.79. The van der Waals surface area contributed by atoms with Crippen LogP contribution in [-0.2, 0) is 12.8 Å². The van der Waals surface area contributed by atoms with Crippen LogP contribution in [0.15, 0.2) is 28.8 Å². The van der Waals surface area contributed by atoms with Gasteiger partial charge in [-0.2, -0.15) is 4.98 Å². The summed E-state index contributed by atoms with van der Waals surface area (Å²) in [5.74, 6) is 1.10. The van der Waals surface area contributed by atoms with Gasteiger partial charge in [0.05, 0.1) is 12.5 Å². The van der Waals surface area contributed by atoms with Gasteiger partial charge in [-0.1, -0.05) is 42.2 Å². The lowest BCUT2D eigenvalue weighted by Gasteiger charge is -2.03. The summed E-state index contributed by atoms with van der Waals surface area (Å²) in [5, 5.41) is 14.3. The van der Waals surface area contributed by atoms with Gasteiger partial charge in [-0.15, -0.1) is 0 Å². The van der Waals surface area contributed by atoms with Gasteiger partial charge in [-0.05, 0) is 24.1 Å². The first-order valence-electron chi connectivity index (χ1n) is 6.41. The summed E-state index contributed by atoms with van der Waals surface area (Å²) in [6, 6.07) is 7.56. The molecular weight excluding hydrogens is 264 g/mol. The second-order valence-electron chi connectivity index (χ2n) is 4.56. The van der Waals surface area contributed by atoms with Gasteiger partial charge < -0.3 is 9.63 Å². The highest BCUT2D eigenvalue weighted by Gasteiger charge is 2.12. The predicted octanol–water partition coefficient (Wildman–Crippen LogP) is 3.02. The Morgan fingerprint density at radius 2 is 2.26 bits per heavy atom. The molecule has 1 aromatic heterocycles. The van der Waals surface area contributed by atoms with Crippen molar-refractivity contribution in [3.8, 4) is 0 Å². The van der Waals surface area contributed by atoms with E-state index in [1.165, 1.54) is 0 Å². The Bertz CT molecular complexity index is 528. The maximum Gasteiger partial charge on any atom is 0.229 e. The van der Waals surface area contributed by atoms with Crippen molar-refractivity contribution in [2.24, 2.45) is 0 Å². The van der Waals surface area contributed by atoms with Gasteiger partial charge in [0.1, 0.15) is 0 Å². The van der Waals surface area contributed by atoms with Crippen LogP contribution in [0.4, 0.5) is 0 Å². The molecule has 1 unspecified atom stereocenters. The van der Waals surface area contributed by atoms with Crippen LogP contribution < -0.4 is 0 Å². The maximum absolute atomic E-state index is 9.69. The first-order valence-corrected chi connectivity index (χ1v) is 6.79. The van der Waals surface area contributed by atoms with Gasteiger partial charge in [0.25, 0.3) is 0 Å². The highest BCUT2D eigenvalue weighted by atomic mass is 35.5. The van der Waals surface area contributed by atoms with Crippen LogP contribution in [0, 0.1) is 0 Å². The fourth-order valence-corrected chi connectivity index (χ4v) is 2.12. The standard InChI is InChI=1S/C14H17ClN2O2/c1-2-4-12(18)9-14-16-13(17-19-14)8-10-5-3-6-11(15)7-10/h3,5-7,12,18H,2,4,8-9H2,1H3. The topological polar surface area (TPSA) is 59.2 Å². The van der Waals surface area contributed by atoms with Crippen molar-refractivity contribution in [1.29, 1.82) is 0 Å². The van der Waals surface area contributed by atoms with Crippen molar-refractivity contribution in [2.45, 2.75) is 38.7 Å². The van der Waals surface area contributed by atoms with Gasteiger partial charge in [0, 0.05) is 11.4 Å². The number of benzene rings is 1. The molecular formula is C14H17ClN2O2. The van der Waals surface area contributed by atoms with Crippen molar-refractivity contribution >= 4 is 11.6 Å². The van der Waals surface area contributed by atoms with E-state index in [1.54, 1.807) is 0 Å². The Balaban J connectivity index is 1.97. The van der Waals surface area contributed by atoms with E-state index in [0.29, 0.717) is 29.6 Å². The smallest absolute Gasteiger partial charge is 0.229 e. The number of halogens is 1. The van der Waals surface area contributed by atoms with E-state index in [2.05, 4.69) is 10.1 Å². The molecule has 102 valence electrons. The van der Waals surface area contributed by atoms with Crippen molar-refractivity contribution in [3.05, 3.63) is 46.6 Å². The third kappa shape index (κ3) is 4.33. The monoisotopic (exact) mass is 280 g/mol. The molecule has 0 saturated heterocycles. The Morgan fingerprint density at radius 1 is 1.42 bits per heavy atom. The van der Waals surface area contributed by atoms with Crippen LogP contribution >= 0.6 is 11.6 Å². The summed E-state index contributed by atoms with van der Waals surface area (Å²) in [7, 11) is 0. The van der Waals surface area contributed by atoms with Crippen LogP contribution in [0.2, 0.25) is 5.02 Å². The molecule has 0 aliphatic heterocycles. The molecule has 0 fully saturated rings. The summed E-state index contributed by atoms with van der Waals surface area (Å²) >= 11 is 5.92. The Morgan fingerprint density at radius 3 is 3.00 bits per heavy atom. The van der Waals surface area contributed by atoms with Gasteiger partial charge in [0.2, 0.25) is 5.89 Å². The zero-order valence-electron chi connectivity index (χ0n) is 10.8. The number of hydrogen-bond acceptors (Lipinski definition) is 4. The first kappa shape index (κ1) is 14.0. The van der Waals surface area contributed by atoms with Crippen LogP contribution in [0.1, 0.15) is 37.0 Å². The molecule has 0 aliphatic carbocycles. The second kappa shape index (κ2) is 6.68. The van der Waals surface area contributed by atoms with E-state index in [4.69, 9.17) is 16.1 Å². The third-order valence-corrected chi connectivity index (χ3v) is 3.03. The average Bonchev–Trinajstić information content (AvgIpc) is 2.76. The summed E-state index contributed by atoms with van der Waals surface area (Å²) < 4.78 is 5.13. The van der Waals surface area contributed by atoms with E-state index in [1.807, 2.05) is 31.2 Å². The fourth-order valence-electron chi connectivity index (χ4n) is 1.91. The van der Waals surface area contributed by atoms with Gasteiger partial charge in [-0.3, -0.25) is 0 Å². The molecule has 5 heteroatoms. The van der Waals surface area contributed by atoms with E-state index < -0.39 is 6.10 Å². The lowest BCUT2D eigenvalue weighted by atomic mass is 10.1. The number of aliphatic hydroxyl groups is 1. The Labute approximate surface area is 117 Å². The number of aromatic nitrogens is 2. The molecule has 19 heavy (non-hydrogen) atoms. The maximum atomic E-state index is 9.69. The number of rotatable bonds is 6. The van der Waals surface area contributed by atoms with E-state index in [9.17, 15) is 5.11 Å². The molecule has 0 aliphatic rings. The Kier molecular flexibility index (Phi) is 4.93. The highest BCUT2D eigenvalue weighted by Crippen LogP contribution is 2.14. The quantitative estimate of drug-likeness (QED) is 0.884. The number of aliphatic hydroxyl groups excluding tert-OH is 1. The Hall–Kier alpha value is -1.39. The van der Waals surface area contributed by atoms with Crippen molar-refractivity contribution in [2.75, 3.05) is 0 Å². The SMILES string of the molecule is CCCC(O)Cc1nc(Cc2cccc(Cl)c2)no1. The molecule has 1 N–H and O–H groups in total. The molecule has 0 bridgehead atoms. The average molecular weight is 281 g/mol. The lowest BCUT2D eigenvalue weighted by molar-refractivity contribution is 0.151. The van der Waals surface area contributed by atoms with E-state index in [-0.39, 0.29) is 0 Å².